The third-order valence-corrected chi connectivity index (χ3v) is 3.37. The van der Waals surface area contributed by atoms with Crippen molar-refractivity contribution < 1.29 is 68.9 Å². The maximum Gasteiger partial charge on any atom is 0.236 e. The van der Waals surface area contributed by atoms with Crippen molar-refractivity contribution in [2.75, 3.05) is 13.7 Å². The summed E-state index contributed by atoms with van der Waals surface area (Å²) in [6.07, 6.45) is -3.57. The summed E-state index contributed by atoms with van der Waals surface area (Å²) in [4.78, 5) is 11.2. The van der Waals surface area contributed by atoms with Crippen LogP contribution < -0.4 is 11.1 Å². The average Bonchev–Trinajstić information content (AvgIpc) is 2.42. The Labute approximate surface area is 153 Å². The Hall–Kier alpha value is 0.672. The van der Waals surface area contributed by atoms with Gasteiger partial charge in [-0.05, 0) is 12.8 Å². The number of carbonyl (C=O) groups is 1. The quantitative estimate of drug-likeness (QED) is 0.286. The van der Waals surface area contributed by atoms with Crippen LogP contribution in [0.3, 0.4) is 0 Å². The molecule has 0 aliphatic carbocycles. The van der Waals surface area contributed by atoms with Crippen LogP contribution in [0.25, 0.3) is 5.73 Å². The number of nitrogens with two attached hydrogens (primary N) is 1. The van der Waals surface area contributed by atoms with E-state index in [-0.39, 0.29) is 50.0 Å². The van der Waals surface area contributed by atoms with E-state index >= 15 is 0 Å². The Morgan fingerprint density at radius 2 is 2.00 bits per heavy atom. The summed E-state index contributed by atoms with van der Waals surface area (Å²) in [7, 11) is 1.48. The first-order valence-electron chi connectivity index (χ1n) is 6.23. The minimum atomic E-state index is -1.29. The van der Waals surface area contributed by atoms with Crippen molar-refractivity contribution in [1.29, 1.82) is 0 Å². The zero-order valence-electron chi connectivity index (χ0n) is 11.4. The molecule has 0 bridgehead atoms. The smallest absolute Gasteiger partial charge is 0.236 e. The molecule has 5 unspecified atom stereocenters. The molecule has 0 saturated carbocycles. The Kier molecular flexibility index (Phi) is 9.96. The number of aliphatic hydroxyl groups excluding tert-OH is 3. The van der Waals surface area contributed by atoms with E-state index in [2.05, 4.69) is 5.32 Å². The minimum Gasteiger partial charge on any atom is -0.670 e. The van der Waals surface area contributed by atoms with Crippen molar-refractivity contribution in [3.63, 3.8) is 0 Å². The SMILES string of the molecule is CNC(=O)C(N)CC[C@H]1OC(CO)C(O)C(O)C1[NH-].[Ac]. The summed E-state index contributed by atoms with van der Waals surface area (Å²) >= 11 is 0. The molecular weight excluding hydrogens is 481 g/mol. The van der Waals surface area contributed by atoms with E-state index < -0.39 is 43.1 Å². The fraction of sp³-hybridized carbons (Fsp3) is 0.909. The number of hydrogen-bond acceptors (Lipinski definition) is 6. The fourth-order valence-corrected chi connectivity index (χ4v) is 2.10. The van der Waals surface area contributed by atoms with Crippen LogP contribution in [0, 0.1) is 44.1 Å². The first-order chi connectivity index (χ1) is 8.92. The summed E-state index contributed by atoms with van der Waals surface area (Å²) in [6, 6.07) is -1.74. The van der Waals surface area contributed by atoms with Crippen LogP contribution >= 0.6 is 0 Å². The van der Waals surface area contributed by atoms with E-state index in [1.165, 1.54) is 7.05 Å². The minimum absolute atomic E-state index is 0. The summed E-state index contributed by atoms with van der Waals surface area (Å²) < 4.78 is 5.36. The molecule has 7 N–H and O–H groups in total. The van der Waals surface area contributed by atoms with Crippen molar-refractivity contribution in [2.45, 2.75) is 49.3 Å². The molecule has 0 aromatic heterocycles. The maximum atomic E-state index is 11.2. The van der Waals surface area contributed by atoms with Gasteiger partial charge in [-0.1, -0.05) is 6.04 Å². The second-order valence-corrected chi connectivity index (χ2v) is 4.70. The van der Waals surface area contributed by atoms with Crippen LogP contribution in [0.1, 0.15) is 12.8 Å². The van der Waals surface area contributed by atoms with Crippen LogP contribution in [-0.2, 0) is 9.53 Å². The van der Waals surface area contributed by atoms with E-state index in [1.54, 1.807) is 0 Å². The van der Waals surface area contributed by atoms with Gasteiger partial charge in [0.05, 0.1) is 18.8 Å². The normalized spacial score (nSPS) is 35.0. The number of hydrogen-bond donors (Lipinski definition) is 5. The molecule has 8 nitrogen and oxygen atoms in total. The molecule has 1 amide bonds. The molecule has 6 atom stereocenters. The number of likely N-dealkylation sites (N-methyl/N-ethyl adjacent to an activating group) is 1. The molecule has 1 aliphatic rings. The van der Waals surface area contributed by atoms with E-state index in [4.69, 9.17) is 21.3 Å². The van der Waals surface area contributed by atoms with Gasteiger partial charge in [0.15, 0.2) is 0 Å². The summed E-state index contributed by atoms with van der Waals surface area (Å²) in [5.74, 6) is -0.309. The van der Waals surface area contributed by atoms with Gasteiger partial charge in [0.1, 0.15) is 12.2 Å². The van der Waals surface area contributed by atoms with E-state index in [0.717, 1.165) is 0 Å². The van der Waals surface area contributed by atoms with Gasteiger partial charge in [0, 0.05) is 57.2 Å². The second kappa shape index (κ2) is 9.64. The molecule has 20 heavy (non-hydrogen) atoms. The molecule has 1 rings (SSSR count). The average molecular weight is 503 g/mol. The van der Waals surface area contributed by atoms with Gasteiger partial charge in [-0.2, -0.15) is 0 Å². The first-order valence-corrected chi connectivity index (χ1v) is 6.23. The monoisotopic (exact) mass is 503 g/mol. The number of aliphatic hydroxyl groups is 3. The van der Waals surface area contributed by atoms with Gasteiger partial charge in [-0.25, -0.2) is 0 Å². The molecule has 9 heteroatoms. The Morgan fingerprint density at radius 3 is 2.50 bits per heavy atom. The van der Waals surface area contributed by atoms with Gasteiger partial charge in [-0.15, -0.1) is 0 Å². The number of amides is 1. The van der Waals surface area contributed by atoms with Crippen molar-refractivity contribution in [3.05, 3.63) is 5.73 Å². The van der Waals surface area contributed by atoms with Gasteiger partial charge >= 0.3 is 0 Å². The fourth-order valence-electron chi connectivity index (χ4n) is 2.10. The number of ether oxygens (including phenoxy) is 1. The zero-order valence-corrected chi connectivity index (χ0v) is 16.1. The van der Waals surface area contributed by atoms with Crippen molar-refractivity contribution in [3.8, 4) is 0 Å². The Bertz CT molecular complexity index is 308. The predicted octanol–water partition coefficient (Wildman–Crippen LogP) is -2.26. The van der Waals surface area contributed by atoms with Crippen LogP contribution in [0.4, 0.5) is 0 Å². The Balaban J connectivity index is 0.00000361. The summed E-state index contributed by atoms with van der Waals surface area (Å²) in [6.45, 7) is -0.442. The van der Waals surface area contributed by atoms with Crippen molar-refractivity contribution in [1.82, 2.24) is 5.32 Å². The first kappa shape index (κ1) is 20.7. The molecule has 115 valence electrons. The second-order valence-electron chi connectivity index (χ2n) is 4.70. The van der Waals surface area contributed by atoms with Crippen molar-refractivity contribution in [2.24, 2.45) is 5.73 Å². The molecule has 1 aliphatic heterocycles. The van der Waals surface area contributed by atoms with Gasteiger partial charge in [0.2, 0.25) is 5.91 Å². The molecule has 0 aromatic rings. The standard InChI is InChI=1S/C11H22N3O5.Ac/c1-14-11(18)5(12)2-3-6-8(13)10(17)9(16)7(4-15)19-6;/h5-10,13,15-17H,2-4,12H2,1H3,(H,14,18);/q-1;/t5?,6-,7?,8?,9?,10?;/m1./s1. The molecule has 1 heterocycles. The number of rotatable bonds is 5. The van der Waals surface area contributed by atoms with Gasteiger partial charge < -0.3 is 36.8 Å². The molecule has 1 fully saturated rings. The van der Waals surface area contributed by atoms with Crippen LogP contribution in [-0.4, -0.2) is 71.4 Å². The van der Waals surface area contributed by atoms with E-state index in [0.29, 0.717) is 12.8 Å². The molecule has 0 aromatic carbocycles. The maximum absolute atomic E-state index is 11.2. The van der Waals surface area contributed by atoms with Crippen LogP contribution in [0.2, 0.25) is 0 Å². The van der Waals surface area contributed by atoms with E-state index in [1.807, 2.05) is 0 Å². The van der Waals surface area contributed by atoms with Gasteiger partial charge in [0.25, 0.3) is 0 Å². The van der Waals surface area contributed by atoms with E-state index in [9.17, 15) is 15.0 Å². The Morgan fingerprint density at radius 1 is 1.40 bits per heavy atom. The largest absolute Gasteiger partial charge is 0.670 e. The molecule has 1 saturated heterocycles. The molecule has 1 radical (unpaired) electrons. The summed E-state index contributed by atoms with van der Waals surface area (Å²) in [5.41, 5.74) is 13.4. The summed E-state index contributed by atoms with van der Waals surface area (Å²) in [5, 5.41) is 30.7. The van der Waals surface area contributed by atoms with Crippen LogP contribution in [0.5, 0.6) is 0 Å². The van der Waals surface area contributed by atoms with Gasteiger partial charge in [-0.3, -0.25) is 4.79 Å². The molecule has 0 spiro atoms. The molecular formula is C11H22AcN3O5-. The third-order valence-electron chi connectivity index (χ3n) is 3.37. The van der Waals surface area contributed by atoms with Crippen molar-refractivity contribution >= 4 is 5.91 Å². The zero-order chi connectivity index (χ0) is 14.6. The third kappa shape index (κ3) is 5.14. The topological polar surface area (TPSA) is 149 Å². The van der Waals surface area contributed by atoms with Crippen LogP contribution in [0.15, 0.2) is 0 Å². The predicted molar refractivity (Wildman–Crippen MR) is 67.1 cm³/mol. The number of nitrogens with one attached hydrogen (secondary N) is 2. The number of carbonyl (C=O) groups excluding carboxylic acids is 1.